The van der Waals surface area contributed by atoms with E-state index in [-0.39, 0.29) is 38.8 Å². The molecule has 4 rings (SSSR count). The minimum Gasteiger partial charge on any atom is -0.480 e. The molecule has 10 N–H and O–H groups in total. The van der Waals surface area contributed by atoms with E-state index in [2.05, 4.69) is 51.2 Å². The number of amides is 5. The Labute approximate surface area is 261 Å². The molecule has 1 saturated heterocycles. The van der Waals surface area contributed by atoms with Crippen LogP contribution in [0.15, 0.2) is 37.6 Å². The molecule has 0 spiro atoms. The fourth-order valence-corrected chi connectivity index (χ4v) is 5.05. The number of hydrogen-bond donors (Lipinski definition) is 9. The van der Waals surface area contributed by atoms with Crippen LogP contribution in [0, 0.1) is 0 Å². The molecule has 0 aromatic carbocycles. The normalized spacial score (nSPS) is 16.2. The van der Waals surface area contributed by atoms with Gasteiger partial charge in [0.2, 0.25) is 29.5 Å². The highest BCUT2D eigenvalue weighted by Crippen LogP contribution is 2.20. The summed E-state index contributed by atoms with van der Waals surface area (Å²) in [6.45, 7) is -0.808. The number of nitrogens with one attached hydrogen (secondary N) is 7. The third-order valence-electron chi connectivity index (χ3n) is 7.27. The lowest BCUT2D eigenvalue weighted by atomic mass is 10.1. The molecular formula is C27H36N12O7. The van der Waals surface area contributed by atoms with E-state index in [4.69, 9.17) is 10.8 Å². The second-order valence-corrected chi connectivity index (χ2v) is 10.6. The predicted molar refractivity (Wildman–Crippen MR) is 157 cm³/mol. The number of aromatic nitrogens is 6. The summed E-state index contributed by atoms with van der Waals surface area (Å²) in [5.41, 5.74) is 7.06. The van der Waals surface area contributed by atoms with Crippen molar-refractivity contribution in [1.29, 1.82) is 0 Å². The molecule has 0 radical (unpaired) electrons. The van der Waals surface area contributed by atoms with Gasteiger partial charge in [0.05, 0.1) is 25.5 Å². The molecule has 3 aromatic heterocycles. The number of carboxylic acid groups (broad SMARTS) is 1. The van der Waals surface area contributed by atoms with Crippen LogP contribution in [0.2, 0.25) is 0 Å². The van der Waals surface area contributed by atoms with Crippen LogP contribution in [-0.2, 0) is 48.0 Å². The van der Waals surface area contributed by atoms with Gasteiger partial charge in [0, 0.05) is 61.5 Å². The Morgan fingerprint density at radius 1 is 0.826 bits per heavy atom. The molecule has 5 amide bonds. The molecule has 0 unspecified atom stereocenters. The van der Waals surface area contributed by atoms with Gasteiger partial charge in [-0.3, -0.25) is 28.8 Å². The summed E-state index contributed by atoms with van der Waals surface area (Å²) in [6, 6.07) is -4.42. The number of nitrogens with two attached hydrogens (primary N) is 1. The lowest BCUT2D eigenvalue weighted by molar-refractivity contribution is -0.142. The fourth-order valence-electron chi connectivity index (χ4n) is 5.05. The molecule has 3 aromatic rings. The van der Waals surface area contributed by atoms with Crippen molar-refractivity contribution in [3.63, 3.8) is 0 Å². The monoisotopic (exact) mass is 640 g/mol. The van der Waals surface area contributed by atoms with Crippen molar-refractivity contribution < 1.29 is 33.9 Å². The second kappa shape index (κ2) is 15.9. The van der Waals surface area contributed by atoms with Gasteiger partial charge in [0.15, 0.2) is 0 Å². The van der Waals surface area contributed by atoms with Crippen molar-refractivity contribution in [2.45, 2.75) is 56.3 Å². The molecule has 246 valence electrons. The minimum absolute atomic E-state index is 0.00291. The second-order valence-electron chi connectivity index (χ2n) is 10.6. The standard InChI is InChI=1S/C27H36N12O7/c28-7-22(40)36-19(5-16-9-30-13-34-16)25(44)38-20(6-17-10-31-14-35-17)27(46)39-3-1-2-21(39)26(45)37-18(4-15-8-29-12-33-15)24(43)32-11-23(41)42/h8-10,12-14,18-21H,1-7,11,28H2,(H,29,33)(H,30,34)(H,31,35)(H,32,43)(H,36,40)(H,37,45)(H,38,44)(H,41,42)/t18-,19-,20-,21-/m0/s1. The Kier molecular flexibility index (Phi) is 11.5. The Bertz CT molecular complexity index is 1480. The van der Waals surface area contributed by atoms with E-state index in [0.717, 1.165) is 0 Å². The van der Waals surface area contributed by atoms with Gasteiger partial charge in [-0.25, -0.2) is 15.0 Å². The number of imidazole rings is 3. The van der Waals surface area contributed by atoms with Gasteiger partial charge in [0.25, 0.3) is 0 Å². The number of carbonyl (C=O) groups is 6. The zero-order valence-electron chi connectivity index (χ0n) is 24.7. The van der Waals surface area contributed by atoms with Crippen LogP contribution in [0.4, 0.5) is 0 Å². The van der Waals surface area contributed by atoms with E-state index < -0.39 is 66.2 Å². The SMILES string of the molecule is NCC(=O)N[C@@H](Cc1cnc[nH]1)C(=O)N[C@@H](Cc1cnc[nH]1)C(=O)N1CCC[C@H]1C(=O)N[C@@H](Cc1cnc[nH]1)C(=O)NCC(=O)O. The maximum Gasteiger partial charge on any atom is 0.322 e. The van der Waals surface area contributed by atoms with Crippen molar-refractivity contribution in [1.82, 2.24) is 56.1 Å². The first kappa shape index (κ1) is 33.3. The van der Waals surface area contributed by atoms with Gasteiger partial charge in [-0.05, 0) is 12.8 Å². The maximum atomic E-state index is 14.0. The first-order valence-electron chi connectivity index (χ1n) is 14.5. The summed E-state index contributed by atoms with van der Waals surface area (Å²) in [7, 11) is 0. The molecule has 4 heterocycles. The topological polar surface area (TPSA) is 286 Å². The molecule has 19 nitrogen and oxygen atoms in total. The fraction of sp³-hybridized carbons (Fsp3) is 0.444. The number of H-pyrrole nitrogens is 3. The number of aliphatic carboxylic acids is 1. The van der Waals surface area contributed by atoms with Gasteiger partial charge in [-0.1, -0.05) is 0 Å². The van der Waals surface area contributed by atoms with Gasteiger partial charge in [0.1, 0.15) is 30.7 Å². The Hall–Kier alpha value is -5.59. The Morgan fingerprint density at radius 3 is 1.87 bits per heavy atom. The van der Waals surface area contributed by atoms with E-state index >= 15 is 0 Å². The molecule has 1 aliphatic heterocycles. The molecule has 1 aliphatic rings. The van der Waals surface area contributed by atoms with Crippen LogP contribution in [-0.4, -0.2) is 119 Å². The molecule has 0 bridgehead atoms. The van der Waals surface area contributed by atoms with Crippen molar-refractivity contribution >= 4 is 35.5 Å². The van der Waals surface area contributed by atoms with Gasteiger partial charge < -0.3 is 52.0 Å². The molecule has 1 fully saturated rings. The maximum absolute atomic E-state index is 14.0. The highest BCUT2D eigenvalue weighted by Gasteiger charge is 2.40. The summed E-state index contributed by atoms with van der Waals surface area (Å²) >= 11 is 0. The van der Waals surface area contributed by atoms with Gasteiger partial charge >= 0.3 is 5.97 Å². The average Bonchev–Trinajstić information content (AvgIpc) is 3.86. The first-order valence-corrected chi connectivity index (χ1v) is 14.5. The largest absolute Gasteiger partial charge is 0.480 e. The van der Waals surface area contributed by atoms with Crippen LogP contribution in [0.1, 0.15) is 29.9 Å². The lowest BCUT2D eigenvalue weighted by Crippen LogP contribution is -2.59. The number of nitrogens with zero attached hydrogens (tertiary/aromatic N) is 4. The van der Waals surface area contributed by atoms with Crippen LogP contribution in [0.25, 0.3) is 0 Å². The zero-order valence-corrected chi connectivity index (χ0v) is 24.7. The quantitative estimate of drug-likeness (QED) is 0.0740. The lowest BCUT2D eigenvalue weighted by Gasteiger charge is -2.30. The van der Waals surface area contributed by atoms with E-state index in [1.54, 1.807) is 0 Å². The van der Waals surface area contributed by atoms with Crippen LogP contribution >= 0.6 is 0 Å². The van der Waals surface area contributed by atoms with Crippen molar-refractivity contribution in [2.75, 3.05) is 19.6 Å². The van der Waals surface area contributed by atoms with E-state index in [1.807, 2.05) is 0 Å². The number of carboxylic acids is 1. The predicted octanol–water partition coefficient (Wildman–Crippen LogP) is -3.51. The number of likely N-dealkylation sites (tertiary alicyclic amines) is 1. The summed E-state index contributed by atoms with van der Waals surface area (Å²) in [5, 5.41) is 19.2. The highest BCUT2D eigenvalue weighted by atomic mass is 16.4. The van der Waals surface area contributed by atoms with Crippen molar-refractivity contribution in [3.8, 4) is 0 Å². The minimum atomic E-state index is -1.26. The molecule has 0 aliphatic carbocycles. The Morgan fingerprint density at radius 2 is 1.37 bits per heavy atom. The van der Waals surface area contributed by atoms with Gasteiger partial charge in [-0.15, -0.1) is 0 Å². The average molecular weight is 641 g/mol. The number of rotatable bonds is 16. The van der Waals surface area contributed by atoms with E-state index in [9.17, 15) is 28.8 Å². The van der Waals surface area contributed by atoms with E-state index in [1.165, 1.54) is 42.5 Å². The van der Waals surface area contributed by atoms with Gasteiger partial charge in [-0.2, -0.15) is 0 Å². The smallest absolute Gasteiger partial charge is 0.322 e. The zero-order chi connectivity index (χ0) is 33.1. The number of aromatic amines is 3. The highest BCUT2D eigenvalue weighted by molar-refractivity contribution is 5.96. The third kappa shape index (κ3) is 9.21. The molecule has 0 saturated carbocycles. The van der Waals surface area contributed by atoms with Crippen molar-refractivity contribution in [3.05, 3.63) is 54.7 Å². The summed E-state index contributed by atoms with van der Waals surface area (Å²) < 4.78 is 0. The summed E-state index contributed by atoms with van der Waals surface area (Å²) in [6.07, 6.45) is 9.48. The van der Waals surface area contributed by atoms with Crippen LogP contribution in [0.3, 0.4) is 0 Å². The number of carbonyl (C=O) groups excluding carboxylic acids is 5. The molecular weight excluding hydrogens is 604 g/mol. The van der Waals surface area contributed by atoms with Crippen molar-refractivity contribution in [2.24, 2.45) is 5.73 Å². The van der Waals surface area contributed by atoms with E-state index in [0.29, 0.717) is 23.5 Å². The summed E-state index contributed by atoms with van der Waals surface area (Å²) in [4.78, 5) is 98.8. The Balaban J connectivity index is 1.51. The molecule has 4 atom stereocenters. The first-order chi connectivity index (χ1) is 22.1. The van der Waals surface area contributed by atoms with Crippen LogP contribution < -0.4 is 27.0 Å². The number of hydrogen-bond acceptors (Lipinski definition) is 10. The summed E-state index contributed by atoms with van der Waals surface area (Å²) in [5.74, 6) is -4.42. The third-order valence-corrected chi connectivity index (χ3v) is 7.27. The molecule has 46 heavy (non-hydrogen) atoms. The van der Waals surface area contributed by atoms with Crippen LogP contribution in [0.5, 0.6) is 0 Å². The molecule has 19 heteroatoms.